The summed E-state index contributed by atoms with van der Waals surface area (Å²) >= 11 is 6.90. The molecule has 0 bridgehead atoms. The fraction of sp³-hybridized carbons (Fsp3) is 0.400. The molecule has 3 aromatic rings. The zero-order chi connectivity index (χ0) is 24.5. The van der Waals surface area contributed by atoms with Crippen molar-refractivity contribution in [3.05, 3.63) is 34.4 Å². The summed E-state index contributed by atoms with van der Waals surface area (Å²) < 4.78 is 59.0. The van der Waals surface area contributed by atoms with Gasteiger partial charge in [0.2, 0.25) is 5.88 Å². The summed E-state index contributed by atoms with van der Waals surface area (Å²) in [5, 5.41) is 3.24. The maximum atomic E-state index is 12.8. The van der Waals surface area contributed by atoms with Gasteiger partial charge in [0.05, 0.1) is 16.5 Å². The fourth-order valence-electron chi connectivity index (χ4n) is 3.24. The van der Waals surface area contributed by atoms with Crippen LogP contribution in [0.4, 0.5) is 8.78 Å². The van der Waals surface area contributed by atoms with E-state index in [1.165, 1.54) is 18.3 Å². The molecule has 182 valence electrons. The van der Waals surface area contributed by atoms with Gasteiger partial charge in [0.25, 0.3) is 18.2 Å². The van der Waals surface area contributed by atoms with E-state index in [9.17, 15) is 22.0 Å². The molecule has 3 aromatic heterocycles. The molecule has 0 aliphatic carbocycles. The highest BCUT2D eigenvalue weighted by atomic mass is 35.5. The van der Waals surface area contributed by atoms with E-state index in [1.807, 2.05) is 6.92 Å². The quantitative estimate of drug-likeness (QED) is 0.487. The lowest BCUT2D eigenvalue weighted by Gasteiger charge is -2.33. The summed E-state index contributed by atoms with van der Waals surface area (Å²) in [5.74, 6) is -0.457. The standard InChI is InChI=1S/C20H19ClF2N4O5S2/c1-20(4-6-34(29,30)7-5-20)27-16(28)19-25-12-2-3-15(26-18(12)33-19)32-17-13(31-10-14(22)23)8-11(21)9-24-17/h2-3,8-9,14H,4-7,10H2,1H3,(H,27,28). The summed E-state index contributed by atoms with van der Waals surface area (Å²) in [5.41, 5.74) is -0.186. The lowest BCUT2D eigenvalue weighted by atomic mass is 9.95. The van der Waals surface area contributed by atoms with Crippen molar-refractivity contribution in [1.82, 2.24) is 20.3 Å². The Morgan fingerprint density at radius 1 is 1.29 bits per heavy atom. The molecule has 14 heteroatoms. The van der Waals surface area contributed by atoms with Crippen molar-refractivity contribution in [3.8, 4) is 17.5 Å². The Hall–Kier alpha value is -2.64. The van der Waals surface area contributed by atoms with E-state index in [0.29, 0.717) is 23.2 Å². The Morgan fingerprint density at radius 3 is 2.74 bits per heavy atom. The molecule has 4 rings (SSSR count). The number of hydrogen-bond donors (Lipinski definition) is 1. The van der Waals surface area contributed by atoms with Gasteiger partial charge in [-0.2, -0.15) is 0 Å². The van der Waals surface area contributed by atoms with Crippen LogP contribution in [-0.2, 0) is 9.84 Å². The van der Waals surface area contributed by atoms with Gasteiger partial charge in [-0.1, -0.05) is 22.9 Å². The second-order valence-electron chi connectivity index (χ2n) is 7.92. The third-order valence-electron chi connectivity index (χ3n) is 5.12. The number of ether oxygens (including phenoxy) is 2. The third-order valence-corrected chi connectivity index (χ3v) is 7.94. The number of hydrogen-bond acceptors (Lipinski definition) is 9. The molecule has 1 fully saturated rings. The molecule has 4 heterocycles. The minimum Gasteiger partial charge on any atom is -0.482 e. The third kappa shape index (κ3) is 5.88. The Balaban J connectivity index is 1.50. The summed E-state index contributed by atoms with van der Waals surface area (Å²) in [6, 6.07) is 4.39. The van der Waals surface area contributed by atoms with Crippen LogP contribution in [0.15, 0.2) is 24.4 Å². The maximum absolute atomic E-state index is 12.8. The fourth-order valence-corrected chi connectivity index (χ4v) is 5.94. The Labute approximate surface area is 202 Å². The average Bonchev–Trinajstić information content (AvgIpc) is 3.20. The molecule has 0 unspecified atom stereocenters. The first kappa shape index (κ1) is 24.5. The average molecular weight is 533 g/mol. The van der Waals surface area contributed by atoms with E-state index in [-0.39, 0.29) is 39.0 Å². The monoisotopic (exact) mass is 532 g/mol. The molecule has 0 saturated carbocycles. The number of halogens is 3. The molecule has 1 N–H and O–H groups in total. The van der Waals surface area contributed by atoms with Crippen LogP contribution >= 0.6 is 22.9 Å². The lowest BCUT2D eigenvalue weighted by molar-refractivity contribution is 0.0803. The number of rotatable bonds is 7. The molecule has 0 radical (unpaired) electrons. The van der Waals surface area contributed by atoms with Gasteiger partial charge in [-0.15, -0.1) is 0 Å². The van der Waals surface area contributed by atoms with Gasteiger partial charge in [0.1, 0.15) is 26.8 Å². The zero-order valence-electron chi connectivity index (χ0n) is 17.8. The molecule has 1 amide bonds. The van der Waals surface area contributed by atoms with E-state index in [1.54, 1.807) is 6.07 Å². The predicted molar refractivity (Wildman–Crippen MR) is 122 cm³/mol. The van der Waals surface area contributed by atoms with E-state index < -0.39 is 34.3 Å². The highest BCUT2D eigenvalue weighted by Gasteiger charge is 2.35. The van der Waals surface area contributed by atoms with Crippen molar-refractivity contribution in [1.29, 1.82) is 0 Å². The van der Waals surface area contributed by atoms with Crippen molar-refractivity contribution in [3.63, 3.8) is 0 Å². The van der Waals surface area contributed by atoms with Crippen LogP contribution in [0, 0.1) is 0 Å². The van der Waals surface area contributed by atoms with Crippen molar-refractivity contribution < 1.29 is 31.5 Å². The molecular formula is C20H19ClF2N4O5S2. The van der Waals surface area contributed by atoms with Crippen LogP contribution in [0.1, 0.15) is 29.6 Å². The summed E-state index contributed by atoms with van der Waals surface area (Å²) in [7, 11) is -3.07. The second-order valence-corrected chi connectivity index (χ2v) is 11.6. The largest absolute Gasteiger partial charge is 0.482 e. The Bertz CT molecular complexity index is 1320. The van der Waals surface area contributed by atoms with Crippen LogP contribution in [0.25, 0.3) is 10.3 Å². The number of nitrogens with one attached hydrogen (secondary N) is 1. The molecule has 34 heavy (non-hydrogen) atoms. The van der Waals surface area contributed by atoms with E-state index >= 15 is 0 Å². The van der Waals surface area contributed by atoms with Crippen LogP contribution < -0.4 is 14.8 Å². The smallest absolute Gasteiger partial charge is 0.280 e. The van der Waals surface area contributed by atoms with Crippen molar-refractivity contribution in [2.24, 2.45) is 0 Å². The summed E-state index contributed by atoms with van der Waals surface area (Å²) in [4.78, 5) is 25.7. The van der Waals surface area contributed by atoms with Gasteiger partial charge in [0, 0.05) is 23.9 Å². The predicted octanol–water partition coefficient (Wildman–Crippen LogP) is 3.87. The van der Waals surface area contributed by atoms with Gasteiger partial charge < -0.3 is 14.8 Å². The van der Waals surface area contributed by atoms with E-state index in [2.05, 4.69) is 20.3 Å². The normalized spacial score (nSPS) is 17.0. The number of fused-ring (bicyclic) bond motifs is 1. The number of sulfone groups is 1. The van der Waals surface area contributed by atoms with Crippen LogP contribution in [0.2, 0.25) is 5.02 Å². The number of nitrogens with zero attached hydrogens (tertiary/aromatic N) is 3. The number of carbonyl (C=O) groups is 1. The molecule has 0 atom stereocenters. The van der Waals surface area contributed by atoms with Gasteiger partial charge in [-0.25, -0.2) is 32.2 Å². The lowest BCUT2D eigenvalue weighted by Crippen LogP contribution is -2.50. The van der Waals surface area contributed by atoms with Crippen molar-refractivity contribution in [2.45, 2.75) is 31.7 Å². The summed E-state index contributed by atoms with van der Waals surface area (Å²) in [6.45, 7) is 0.951. The van der Waals surface area contributed by atoms with Gasteiger partial charge in [0.15, 0.2) is 10.8 Å². The van der Waals surface area contributed by atoms with Crippen LogP contribution in [0.5, 0.6) is 17.5 Å². The number of carbonyl (C=O) groups excluding carboxylic acids is 1. The SMILES string of the molecule is CC1(NC(=O)c2nc3ccc(Oc4ncc(Cl)cc4OCC(F)F)nc3s2)CCS(=O)(=O)CC1. The number of thiazole rings is 1. The summed E-state index contributed by atoms with van der Waals surface area (Å²) in [6.07, 6.45) is -0.765. The van der Waals surface area contributed by atoms with Crippen LogP contribution in [0.3, 0.4) is 0 Å². The molecule has 1 aliphatic rings. The minimum absolute atomic E-state index is 0.0215. The zero-order valence-corrected chi connectivity index (χ0v) is 20.1. The van der Waals surface area contributed by atoms with E-state index in [0.717, 1.165) is 11.3 Å². The molecular weight excluding hydrogens is 514 g/mol. The molecule has 9 nitrogen and oxygen atoms in total. The van der Waals surface area contributed by atoms with E-state index in [4.69, 9.17) is 21.1 Å². The van der Waals surface area contributed by atoms with Crippen molar-refractivity contribution in [2.75, 3.05) is 18.1 Å². The number of pyridine rings is 2. The topological polar surface area (TPSA) is 120 Å². The van der Waals surface area contributed by atoms with Crippen molar-refractivity contribution >= 4 is 49.0 Å². The number of aromatic nitrogens is 3. The first-order valence-corrected chi connectivity index (χ1v) is 13.1. The molecule has 0 spiro atoms. The first-order chi connectivity index (χ1) is 16.0. The second kappa shape index (κ2) is 9.55. The Kier molecular flexibility index (Phi) is 6.87. The molecule has 1 aliphatic heterocycles. The number of alkyl halides is 2. The van der Waals surface area contributed by atoms with Gasteiger partial charge in [-0.05, 0) is 25.8 Å². The first-order valence-electron chi connectivity index (χ1n) is 10.1. The highest BCUT2D eigenvalue weighted by Crippen LogP contribution is 2.33. The van der Waals surface area contributed by atoms with Gasteiger partial charge in [-0.3, -0.25) is 4.79 Å². The van der Waals surface area contributed by atoms with Gasteiger partial charge >= 0.3 is 0 Å². The molecule has 0 aromatic carbocycles. The highest BCUT2D eigenvalue weighted by molar-refractivity contribution is 7.91. The molecule has 1 saturated heterocycles. The maximum Gasteiger partial charge on any atom is 0.280 e. The van der Waals surface area contributed by atoms with Crippen LogP contribution in [-0.4, -0.2) is 59.4 Å². The minimum atomic E-state index is -3.07. The number of amides is 1. The Morgan fingerprint density at radius 2 is 2.03 bits per heavy atom.